The predicted molar refractivity (Wildman–Crippen MR) is 71.1 cm³/mol. The smallest absolute Gasteiger partial charge is 0.311 e. The zero-order valence-corrected chi connectivity index (χ0v) is 11.7. The second kappa shape index (κ2) is 7.36. The first-order valence-corrected chi connectivity index (χ1v) is 6.74. The van der Waals surface area contributed by atoms with Crippen LogP contribution in [-0.2, 0) is 9.59 Å². The van der Waals surface area contributed by atoms with Crippen molar-refractivity contribution >= 4 is 11.8 Å². The van der Waals surface area contributed by atoms with Crippen molar-refractivity contribution in [1.29, 1.82) is 0 Å². The van der Waals surface area contributed by atoms with E-state index in [1.165, 1.54) is 4.90 Å². The summed E-state index contributed by atoms with van der Waals surface area (Å²) in [4.78, 5) is 24.9. The molecule has 0 saturated carbocycles. The molecule has 0 aliphatic carbocycles. The van der Waals surface area contributed by atoms with Crippen LogP contribution in [0.2, 0.25) is 0 Å². The van der Waals surface area contributed by atoms with Crippen LogP contribution in [0.25, 0.3) is 0 Å². The minimum atomic E-state index is -0.475. The first-order chi connectivity index (χ1) is 8.50. The van der Waals surface area contributed by atoms with Crippen molar-refractivity contribution in [3.63, 3.8) is 0 Å². The summed E-state index contributed by atoms with van der Waals surface area (Å²) in [5, 5.41) is 6.03. The van der Waals surface area contributed by atoms with E-state index in [1.807, 2.05) is 13.8 Å². The molecule has 2 N–H and O–H groups in total. The maximum absolute atomic E-state index is 11.8. The maximum atomic E-state index is 11.8. The van der Waals surface area contributed by atoms with Crippen LogP contribution in [0.5, 0.6) is 0 Å². The Morgan fingerprint density at radius 2 is 1.94 bits per heavy atom. The molecule has 5 heteroatoms. The van der Waals surface area contributed by atoms with Crippen molar-refractivity contribution in [3.8, 4) is 0 Å². The van der Waals surface area contributed by atoms with Crippen molar-refractivity contribution in [2.75, 3.05) is 33.2 Å². The van der Waals surface area contributed by atoms with Crippen molar-refractivity contribution in [2.24, 2.45) is 11.8 Å². The normalized spacial score (nSPS) is 16.7. The van der Waals surface area contributed by atoms with Gasteiger partial charge in [-0.1, -0.05) is 13.8 Å². The Hall–Kier alpha value is -1.10. The zero-order valence-electron chi connectivity index (χ0n) is 11.7. The van der Waals surface area contributed by atoms with Gasteiger partial charge in [-0.05, 0) is 37.8 Å². The van der Waals surface area contributed by atoms with Crippen LogP contribution in [0, 0.1) is 11.8 Å². The minimum absolute atomic E-state index is 0.371. The Bertz CT molecular complexity index is 286. The molecule has 2 amide bonds. The summed E-state index contributed by atoms with van der Waals surface area (Å²) in [6, 6.07) is 0. The van der Waals surface area contributed by atoms with E-state index < -0.39 is 11.8 Å². The maximum Gasteiger partial charge on any atom is 0.311 e. The molecular weight excluding hydrogens is 230 g/mol. The number of nitrogens with one attached hydrogen (secondary N) is 2. The number of likely N-dealkylation sites (N-methyl/N-ethyl adjacent to an activating group) is 1. The number of nitrogens with zero attached hydrogens (tertiary/aromatic N) is 1. The van der Waals surface area contributed by atoms with Crippen molar-refractivity contribution < 1.29 is 9.59 Å². The van der Waals surface area contributed by atoms with Gasteiger partial charge in [0.25, 0.3) is 0 Å². The fourth-order valence-corrected chi connectivity index (χ4v) is 2.20. The van der Waals surface area contributed by atoms with Crippen LogP contribution in [0.1, 0.15) is 26.7 Å². The molecule has 0 spiro atoms. The molecule has 1 fully saturated rings. The third-order valence-electron chi connectivity index (χ3n) is 3.19. The monoisotopic (exact) mass is 255 g/mol. The zero-order chi connectivity index (χ0) is 13.5. The Balaban J connectivity index is 2.28. The molecule has 1 saturated heterocycles. The van der Waals surface area contributed by atoms with Gasteiger partial charge in [-0.15, -0.1) is 0 Å². The van der Waals surface area contributed by atoms with Crippen LogP contribution in [-0.4, -0.2) is 49.9 Å². The lowest BCUT2D eigenvalue weighted by Gasteiger charge is -2.23. The van der Waals surface area contributed by atoms with Gasteiger partial charge in [0, 0.05) is 20.1 Å². The second-order valence-electron chi connectivity index (χ2n) is 5.48. The molecule has 0 aromatic heterocycles. The topological polar surface area (TPSA) is 61.4 Å². The average Bonchev–Trinajstić information content (AvgIpc) is 2.35. The quantitative estimate of drug-likeness (QED) is 0.706. The highest BCUT2D eigenvalue weighted by molar-refractivity contribution is 6.34. The minimum Gasteiger partial charge on any atom is -0.348 e. The fourth-order valence-electron chi connectivity index (χ4n) is 2.20. The molecule has 1 aliphatic rings. The molecule has 5 nitrogen and oxygen atoms in total. The van der Waals surface area contributed by atoms with E-state index in [0.717, 1.165) is 25.9 Å². The highest BCUT2D eigenvalue weighted by atomic mass is 16.2. The molecule has 0 aromatic rings. The Morgan fingerprint density at radius 1 is 1.33 bits per heavy atom. The first-order valence-electron chi connectivity index (χ1n) is 6.74. The van der Waals surface area contributed by atoms with Gasteiger partial charge >= 0.3 is 11.8 Å². The number of carbonyl (C=O) groups excluding carboxylic acids is 2. The van der Waals surface area contributed by atoms with Gasteiger partial charge in [0.15, 0.2) is 0 Å². The van der Waals surface area contributed by atoms with Gasteiger partial charge in [-0.2, -0.15) is 0 Å². The molecule has 1 aliphatic heterocycles. The summed E-state index contributed by atoms with van der Waals surface area (Å²) < 4.78 is 0. The van der Waals surface area contributed by atoms with Crippen molar-refractivity contribution in [2.45, 2.75) is 26.7 Å². The summed E-state index contributed by atoms with van der Waals surface area (Å²) in [5.41, 5.74) is 0. The predicted octanol–water partition coefficient (Wildman–Crippen LogP) is 0.217. The summed E-state index contributed by atoms with van der Waals surface area (Å²) in [6.07, 6.45) is 2.13. The van der Waals surface area contributed by atoms with Gasteiger partial charge < -0.3 is 15.5 Å². The summed E-state index contributed by atoms with van der Waals surface area (Å²) in [7, 11) is 1.67. The number of piperidine rings is 1. The summed E-state index contributed by atoms with van der Waals surface area (Å²) in [6.45, 7) is 7.28. The largest absolute Gasteiger partial charge is 0.348 e. The summed E-state index contributed by atoms with van der Waals surface area (Å²) >= 11 is 0. The van der Waals surface area contributed by atoms with E-state index in [9.17, 15) is 9.59 Å². The Kier molecular flexibility index (Phi) is 6.12. The molecule has 0 radical (unpaired) electrons. The lowest BCUT2D eigenvalue weighted by atomic mass is 9.98. The average molecular weight is 255 g/mol. The van der Waals surface area contributed by atoms with Crippen LogP contribution in [0.15, 0.2) is 0 Å². The molecule has 104 valence electrons. The van der Waals surface area contributed by atoms with Crippen molar-refractivity contribution in [3.05, 3.63) is 0 Å². The number of hydrogen-bond acceptors (Lipinski definition) is 3. The van der Waals surface area contributed by atoms with E-state index >= 15 is 0 Å². The van der Waals surface area contributed by atoms with E-state index in [0.29, 0.717) is 24.9 Å². The molecule has 1 heterocycles. The highest BCUT2D eigenvalue weighted by Gasteiger charge is 2.20. The molecule has 0 atom stereocenters. The first kappa shape index (κ1) is 15.0. The fraction of sp³-hybridized carbons (Fsp3) is 0.846. The van der Waals surface area contributed by atoms with Gasteiger partial charge in [0.05, 0.1) is 0 Å². The standard InChI is InChI=1S/C13H25N3O2/c1-10(2)9-16(3)13(18)12(17)15-8-11-4-6-14-7-5-11/h10-11,14H,4-9H2,1-3H3,(H,15,17). The SMILES string of the molecule is CC(C)CN(C)C(=O)C(=O)NCC1CCNCC1. The lowest BCUT2D eigenvalue weighted by molar-refractivity contribution is -0.145. The van der Waals surface area contributed by atoms with Crippen LogP contribution >= 0.6 is 0 Å². The van der Waals surface area contributed by atoms with Gasteiger partial charge in [-0.3, -0.25) is 9.59 Å². The van der Waals surface area contributed by atoms with Crippen molar-refractivity contribution in [1.82, 2.24) is 15.5 Å². The van der Waals surface area contributed by atoms with Crippen LogP contribution in [0.4, 0.5) is 0 Å². The van der Waals surface area contributed by atoms with E-state index in [1.54, 1.807) is 7.05 Å². The molecular formula is C13H25N3O2. The third-order valence-corrected chi connectivity index (χ3v) is 3.19. The third kappa shape index (κ3) is 5.04. The Labute approximate surface area is 109 Å². The lowest BCUT2D eigenvalue weighted by Crippen LogP contribution is -2.44. The van der Waals surface area contributed by atoms with Gasteiger partial charge in [-0.25, -0.2) is 0 Å². The molecule has 1 rings (SSSR count). The second-order valence-corrected chi connectivity index (χ2v) is 5.48. The molecule has 0 aromatic carbocycles. The highest BCUT2D eigenvalue weighted by Crippen LogP contribution is 2.09. The van der Waals surface area contributed by atoms with Crippen LogP contribution in [0.3, 0.4) is 0 Å². The molecule has 0 bridgehead atoms. The van der Waals surface area contributed by atoms with E-state index in [2.05, 4.69) is 10.6 Å². The molecule has 18 heavy (non-hydrogen) atoms. The van der Waals surface area contributed by atoms with Gasteiger partial charge in [0.1, 0.15) is 0 Å². The molecule has 0 unspecified atom stereocenters. The summed E-state index contributed by atoms with van der Waals surface area (Å²) in [5.74, 6) is -0.0381. The van der Waals surface area contributed by atoms with E-state index in [4.69, 9.17) is 0 Å². The number of rotatable bonds is 4. The number of carbonyl (C=O) groups is 2. The van der Waals surface area contributed by atoms with E-state index in [-0.39, 0.29) is 0 Å². The van der Waals surface area contributed by atoms with Gasteiger partial charge in [0.2, 0.25) is 0 Å². The van der Waals surface area contributed by atoms with Crippen LogP contribution < -0.4 is 10.6 Å². The number of hydrogen-bond donors (Lipinski definition) is 2. The Morgan fingerprint density at radius 3 is 2.50 bits per heavy atom. The number of amides is 2.